The zero-order valence-electron chi connectivity index (χ0n) is 9.15. The summed E-state index contributed by atoms with van der Waals surface area (Å²) in [6.07, 6.45) is 2.96. The third-order valence-corrected chi connectivity index (χ3v) is 3.48. The second kappa shape index (κ2) is 4.19. The maximum Gasteiger partial charge on any atom is 0.239 e. The van der Waals surface area contributed by atoms with Gasteiger partial charge in [-0.1, -0.05) is 0 Å². The molecule has 15 heavy (non-hydrogen) atoms. The third-order valence-electron chi connectivity index (χ3n) is 3.48. The minimum Gasteiger partial charge on any atom is -0.344 e. The van der Waals surface area contributed by atoms with E-state index in [2.05, 4.69) is 11.0 Å². The summed E-state index contributed by atoms with van der Waals surface area (Å²) >= 11 is 0. The number of piperidine rings is 1. The molecule has 2 rings (SSSR count). The van der Waals surface area contributed by atoms with E-state index in [0.717, 1.165) is 38.9 Å². The van der Waals surface area contributed by atoms with Gasteiger partial charge < -0.3 is 4.90 Å². The smallest absolute Gasteiger partial charge is 0.239 e. The summed E-state index contributed by atoms with van der Waals surface area (Å²) < 4.78 is 0. The minimum atomic E-state index is 0.0474. The molecular weight excluding hydrogens is 190 g/mol. The van der Waals surface area contributed by atoms with E-state index in [1.807, 2.05) is 7.05 Å². The van der Waals surface area contributed by atoms with Gasteiger partial charge in [-0.05, 0) is 25.8 Å². The van der Waals surface area contributed by atoms with Crippen molar-refractivity contribution in [2.75, 3.05) is 26.7 Å². The van der Waals surface area contributed by atoms with E-state index in [0.29, 0.717) is 0 Å². The highest BCUT2D eigenvalue weighted by atomic mass is 16.2. The fourth-order valence-electron chi connectivity index (χ4n) is 2.54. The Labute approximate surface area is 90.5 Å². The molecular formula is C11H17N3O. The molecule has 0 radical (unpaired) electrons. The molecule has 0 aromatic heterocycles. The first-order valence-electron chi connectivity index (χ1n) is 5.61. The first-order chi connectivity index (χ1) is 7.22. The number of rotatable bonds is 1. The maximum atomic E-state index is 11.8. The van der Waals surface area contributed by atoms with Crippen molar-refractivity contribution in [3.63, 3.8) is 0 Å². The number of hydrogen-bond acceptors (Lipinski definition) is 3. The monoisotopic (exact) mass is 207 g/mol. The largest absolute Gasteiger partial charge is 0.344 e. The molecule has 82 valence electrons. The molecule has 2 aliphatic rings. The normalized spacial score (nSPS) is 33.1. The van der Waals surface area contributed by atoms with Crippen LogP contribution in [0.4, 0.5) is 0 Å². The highest BCUT2D eigenvalue weighted by Gasteiger charge is 2.36. The average molecular weight is 207 g/mol. The number of likely N-dealkylation sites (N-methyl/N-ethyl adjacent to an activating group) is 1. The number of nitrogens with zero attached hydrogens (tertiary/aromatic N) is 3. The van der Waals surface area contributed by atoms with E-state index in [4.69, 9.17) is 5.26 Å². The van der Waals surface area contributed by atoms with Crippen LogP contribution in [0.1, 0.15) is 19.3 Å². The molecule has 4 heteroatoms. The Morgan fingerprint density at radius 3 is 2.80 bits per heavy atom. The van der Waals surface area contributed by atoms with Crippen LogP contribution >= 0.6 is 0 Å². The molecule has 2 heterocycles. The lowest BCUT2D eigenvalue weighted by Crippen LogP contribution is -2.46. The zero-order chi connectivity index (χ0) is 10.8. The predicted molar refractivity (Wildman–Crippen MR) is 56.0 cm³/mol. The Kier molecular flexibility index (Phi) is 2.92. The molecule has 2 fully saturated rings. The van der Waals surface area contributed by atoms with E-state index in [9.17, 15) is 4.79 Å². The summed E-state index contributed by atoms with van der Waals surface area (Å²) in [5.41, 5.74) is 0. The Morgan fingerprint density at radius 1 is 1.40 bits per heavy atom. The molecule has 0 spiro atoms. The van der Waals surface area contributed by atoms with E-state index in [1.54, 1.807) is 4.90 Å². The average Bonchev–Trinajstić information content (AvgIpc) is 2.60. The second-order valence-electron chi connectivity index (χ2n) is 4.53. The van der Waals surface area contributed by atoms with Crippen molar-refractivity contribution in [3.05, 3.63) is 0 Å². The third kappa shape index (κ3) is 1.98. The van der Waals surface area contributed by atoms with Crippen molar-refractivity contribution < 1.29 is 4.79 Å². The second-order valence-corrected chi connectivity index (χ2v) is 4.53. The number of amides is 1. The van der Waals surface area contributed by atoms with Crippen LogP contribution in [0.15, 0.2) is 0 Å². The molecule has 0 bridgehead atoms. The van der Waals surface area contributed by atoms with Gasteiger partial charge in [0.15, 0.2) is 0 Å². The molecule has 1 amide bonds. The Bertz CT molecular complexity index is 297. The van der Waals surface area contributed by atoms with Gasteiger partial charge in [-0.2, -0.15) is 5.26 Å². The SMILES string of the molecule is CN1CCC(N2CCCC(C#N)C2)C1=O. The number of hydrogen-bond donors (Lipinski definition) is 0. The fourth-order valence-corrected chi connectivity index (χ4v) is 2.54. The number of carbonyl (C=O) groups excluding carboxylic acids is 1. The van der Waals surface area contributed by atoms with Crippen LogP contribution in [-0.4, -0.2) is 48.4 Å². The maximum absolute atomic E-state index is 11.8. The lowest BCUT2D eigenvalue weighted by atomic mass is 9.98. The van der Waals surface area contributed by atoms with Crippen molar-refractivity contribution in [1.29, 1.82) is 5.26 Å². The molecule has 2 saturated heterocycles. The van der Waals surface area contributed by atoms with Crippen LogP contribution in [0.3, 0.4) is 0 Å². The Hall–Kier alpha value is -1.08. The van der Waals surface area contributed by atoms with Crippen molar-refractivity contribution in [2.45, 2.75) is 25.3 Å². The van der Waals surface area contributed by atoms with Gasteiger partial charge >= 0.3 is 0 Å². The molecule has 2 atom stereocenters. The Morgan fingerprint density at radius 2 is 2.20 bits per heavy atom. The highest BCUT2D eigenvalue weighted by molar-refractivity contribution is 5.83. The van der Waals surface area contributed by atoms with E-state index in [-0.39, 0.29) is 17.9 Å². The molecule has 2 unspecified atom stereocenters. The standard InChI is InChI=1S/C11H17N3O/c1-13-6-4-10(11(13)15)14-5-2-3-9(7-12)8-14/h9-10H,2-6,8H2,1H3. The molecule has 2 aliphatic heterocycles. The lowest BCUT2D eigenvalue weighted by molar-refractivity contribution is -0.131. The van der Waals surface area contributed by atoms with E-state index < -0.39 is 0 Å². The molecule has 0 aromatic rings. The van der Waals surface area contributed by atoms with Gasteiger partial charge in [-0.15, -0.1) is 0 Å². The van der Waals surface area contributed by atoms with E-state index in [1.165, 1.54) is 0 Å². The lowest BCUT2D eigenvalue weighted by Gasteiger charge is -2.33. The Balaban J connectivity index is 1.99. The number of likely N-dealkylation sites (tertiary alicyclic amines) is 2. The van der Waals surface area contributed by atoms with Gasteiger partial charge in [0.1, 0.15) is 0 Å². The summed E-state index contributed by atoms with van der Waals surface area (Å²) in [4.78, 5) is 15.8. The van der Waals surface area contributed by atoms with Gasteiger partial charge in [-0.3, -0.25) is 9.69 Å². The van der Waals surface area contributed by atoms with Crippen molar-refractivity contribution in [1.82, 2.24) is 9.80 Å². The summed E-state index contributed by atoms with van der Waals surface area (Å²) in [7, 11) is 1.86. The van der Waals surface area contributed by atoms with Crippen LogP contribution in [-0.2, 0) is 4.79 Å². The van der Waals surface area contributed by atoms with Gasteiger partial charge in [0.25, 0.3) is 0 Å². The number of nitriles is 1. The molecule has 0 aliphatic carbocycles. The topological polar surface area (TPSA) is 47.3 Å². The van der Waals surface area contributed by atoms with Crippen molar-refractivity contribution >= 4 is 5.91 Å². The first-order valence-corrected chi connectivity index (χ1v) is 5.61. The van der Waals surface area contributed by atoms with Crippen LogP contribution in [0.25, 0.3) is 0 Å². The van der Waals surface area contributed by atoms with Crippen LogP contribution in [0.2, 0.25) is 0 Å². The quantitative estimate of drug-likeness (QED) is 0.627. The van der Waals surface area contributed by atoms with Crippen LogP contribution < -0.4 is 0 Å². The van der Waals surface area contributed by atoms with Crippen molar-refractivity contribution in [3.8, 4) is 6.07 Å². The van der Waals surface area contributed by atoms with Gasteiger partial charge in [0, 0.05) is 20.1 Å². The summed E-state index contributed by atoms with van der Waals surface area (Å²) in [6.45, 7) is 2.61. The van der Waals surface area contributed by atoms with Crippen LogP contribution in [0, 0.1) is 17.2 Å². The van der Waals surface area contributed by atoms with Gasteiger partial charge in [-0.25, -0.2) is 0 Å². The fraction of sp³-hybridized carbons (Fsp3) is 0.818. The van der Waals surface area contributed by atoms with Gasteiger partial charge in [0.2, 0.25) is 5.91 Å². The summed E-state index contributed by atoms with van der Waals surface area (Å²) in [5.74, 6) is 0.353. The molecule has 0 saturated carbocycles. The zero-order valence-corrected chi connectivity index (χ0v) is 9.15. The van der Waals surface area contributed by atoms with Crippen LogP contribution in [0.5, 0.6) is 0 Å². The summed E-state index contributed by atoms with van der Waals surface area (Å²) in [5, 5.41) is 8.90. The van der Waals surface area contributed by atoms with Crippen molar-refractivity contribution in [2.24, 2.45) is 5.92 Å². The molecule has 0 N–H and O–H groups in total. The number of carbonyl (C=O) groups is 1. The highest BCUT2D eigenvalue weighted by Crippen LogP contribution is 2.22. The molecule has 4 nitrogen and oxygen atoms in total. The minimum absolute atomic E-state index is 0.0474. The van der Waals surface area contributed by atoms with E-state index >= 15 is 0 Å². The molecule has 0 aromatic carbocycles. The first kappa shape index (κ1) is 10.4. The van der Waals surface area contributed by atoms with Gasteiger partial charge in [0.05, 0.1) is 18.0 Å². The summed E-state index contributed by atoms with van der Waals surface area (Å²) in [6, 6.07) is 2.36. The predicted octanol–water partition coefficient (Wildman–Crippen LogP) is 0.453.